The molecule has 8 nitrogen and oxygen atoms in total. The van der Waals surface area contributed by atoms with Crippen LogP contribution in [0.1, 0.15) is 37.5 Å². The maximum Gasteiger partial charge on any atom is 0.252 e. The van der Waals surface area contributed by atoms with Gasteiger partial charge in [-0.25, -0.2) is 4.98 Å². The SMILES string of the molecule is Cc1ncc(COc2ccc3oc(C)c(C(N)=O)c3c2C(CO)CN2CCOCC2)s1. The van der Waals surface area contributed by atoms with Crippen molar-refractivity contribution in [3.63, 3.8) is 0 Å². The molecule has 1 fully saturated rings. The third kappa shape index (κ3) is 4.59. The van der Waals surface area contributed by atoms with Crippen LogP contribution in [-0.2, 0) is 11.3 Å². The zero-order chi connectivity index (χ0) is 22.0. The number of fused-ring (bicyclic) bond motifs is 1. The number of amides is 1. The van der Waals surface area contributed by atoms with Gasteiger partial charge in [0, 0.05) is 42.7 Å². The molecule has 31 heavy (non-hydrogen) atoms. The number of benzene rings is 1. The van der Waals surface area contributed by atoms with Crippen molar-refractivity contribution in [2.45, 2.75) is 26.4 Å². The van der Waals surface area contributed by atoms with Crippen molar-refractivity contribution in [3.8, 4) is 5.75 Å². The number of thiazole rings is 1. The van der Waals surface area contributed by atoms with E-state index in [9.17, 15) is 9.90 Å². The van der Waals surface area contributed by atoms with E-state index in [1.165, 1.54) is 0 Å². The summed E-state index contributed by atoms with van der Waals surface area (Å²) < 4.78 is 17.5. The number of hydrogen-bond acceptors (Lipinski definition) is 8. The number of aliphatic hydroxyl groups excluding tert-OH is 1. The van der Waals surface area contributed by atoms with Crippen LogP contribution in [0.2, 0.25) is 0 Å². The lowest BCUT2D eigenvalue weighted by Gasteiger charge is -2.30. The van der Waals surface area contributed by atoms with E-state index in [1.807, 2.05) is 13.0 Å². The fourth-order valence-corrected chi connectivity index (χ4v) is 4.81. The third-order valence-electron chi connectivity index (χ3n) is 5.53. The average molecular weight is 446 g/mol. The van der Waals surface area contributed by atoms with Gasteiger partial charge in [-0.1, -0.05) is 0 Å². The van der Waals surface area contributed by atoms with Crippen LogP contribution in [0, 0.1) is 13.8 Å². The lowest BCUT2D eigenvalue weighted by molar-refractivity contribution is 0.0318. The van der Waals surface area contributed by atoms with E-state index in [0.717, 1.165) is 28.5 Å². The molecule has 0 spiro atoms. The Morgan fingerprint density at radius 2 is 2.13 bits per heavy atom. The van der Waals surface area contributed by atoms with E-state index in [1.54, 1.807) is 30.5 Å². The van der Waals surface area contributed by atoms with Crippen LogP contribution >= 0.6 is 11.3 Å². The van der Waals surface area contributed by atoms with Crippen molar-refractivity contribution in [1.82, 2.24) is 9.88 Å². The fraction of sp³-hybridized carbons (Fsp3) is 0.455. The Labute approximate surface area is 184 Å². The highest BCUT2D eigenvalue weighted by Crippen LogP contribution is 2.39. The second kappa shape index (κ2) is 9.35. The van der Waals surface area contributed by atoms with E-state index in [-0.39, 0.29) is 12.5 Å². The standard InChI is InChI=1S/C22H27N3O5S/c1-13-19(22(23)27)21-18(30-13)4-3-17(29-12-16-9-24-14(2)31-16)20(21)15(11-26)10-25-5-7-28-8-6-25/h3-4,9,15,26H,5-8,10-12H2,1-2H3,(H2,23,27). The second-order valence-electron chi connectivity index (χ2n) is 7.67. The molecule has 3 heterocycles. The Hall–Kier alpha value is -2.46. The molecule has 1 atom stereocenters. The number of furan rings is 1. The first-order valence-corrected chi connectivity index (χ1v) is 11.1. The van der Waals surface area contributed by atoms with Crippen LogP contribution in [0.15, 0.2) is 22.7 Å². The molecule has 1 aliphatic heterocycles. The molecule has 0 radical (unpaired) electrons. The molecule has 0 saturated carbocycles. The number of nitrogens with two attached hydrogens (primary N) is 1. The van der Waals surface area contributed by atoms with Crippen LogP contribution in [0.25, 0.3) is 11.0 Å². The first kappa shape index (κ1) is 21.8. The highest BCUT2D eigenvalue weighted by atomic mass is 32.1. The predicted octanol–water partition coefficient (Wildman–Crippen LogP) is 2.59. The van der Waals surface area contributed by atoms with Gasteiger partial charge in [0.05, 0.1) is 35.3 Å². The number of carbonyl (C=O) groups excluding carboxylic acids is 1. The van der Waals surface area contributed by atoms with Crippen molar-refractivity contribution in [2.24, 2.45) is 5.73 Å². The van der Waals surface area contributed by atoms with Gasteiger partial charge < -0.3 is 24.7 Å². The highest BCUT2D eigenvalue weighted by Gasteiger charge is 2.28. The summed E-state index contributed by atoms with van der Waals surface area (Å²) in [4.78, 5) is 19.8. The van der Waals surface area contributed by atoms with E-state index in [4.69, 9.17) is 19.6 Å². The van der Waals surface area contributed by atoms with Gasteiger partial charge in [0.25, 0.3) is 5.91 Å². The number of primary amides is 1. The van der Waals surface area contributed by atoms with Gasteiger partial charge in [-0.3, -0.25) is 9.69 Å². The number of nitrogens with zero attached hydrogens (tertiary/aromatic N) is 2. The van der Waals surface area contributed by atoms with E-state index in [2.05, 4.69) is 9.88 Å². The van der Waals surface area contributed by atoms with Crippen LogP contribution in [0.5, 0.6) is 5.75 Å². The number of rotatable bonds is 8. The van der Waals surface area contributed by atoms with Crippen molar-refractivity contribution in [1.29, 1.82) is 0 Å². The zero-order valence-corrected chi connectivity index (χ0v) is 18.5. The van der Waals surface area contributed by atoms with E-state index in [0.29, 0.717) is 54.4 Å². The summed E-state index contributed by atoms with van der Waals surface area (Å²) in [7, 11) is 0. The van der Waals surface area contributed by atoms with Gasteiger partial charge in [0.15, 0.2) is 0 Å². The monoisotopic (exact) mass is 445 g/mol. The summed E-state index contributed by atoms with van der Waals surface area (Å²) in [6.45, 7) is 7.42. The molecule has 2 aromatic heterocycles. The second-order valence-corrected chi connectivity index (χ2v) is 8.99. The smallest absolute Gasteiger partial charge is 0.252 e. The number of morpholine rings is 1. The molecule has 1 aromatic carbocycles. The van der Waals surface area contributed by atoms with Crippen molar-refractivity contribution < 1.29 is 23.8 Å². The zero-order valence-electron chi connectivity index (χ0n) is 17.7. The molecule has 0 aliphatic carbocycles. The fourth-order valence-electron chi connectivity index (χ4n) is 4.10. The number of carbonyl (C=O) groups is 1. The number of hydrogen-bond donors (Lipinski definition) is 2. The van der Waals surface area contributed by atoms with Gasteiger partial charge >= 0.3 is 0 Å². The van der Waals surface area contributed by atoms with E-state index < -0.39 is 5.91 Å². The Morgan fingerprint density at radius 3 is 2.77 bits per heavy atom. The lowest BCUT2D eigenvalue weighted by Crippen LogP contribution is -2.39. The highest BCUT2D eigenvalue weighted by molar-refractivity contribution is 7.11. The molecule has 3 N–H and O–H groups in total. The van der Waals surface area contributed by atoms with Crippen LogP contribution < -0.4 is 10.5 Å². The summed E-state index contributed by atoms with van der Waals surface area (Å²) in [6.07, 6.45) is 1.80. The van der Waals surface area contributed by atoms with Gasteiger partial charge in [-0.2, -0.15) is 0 Å². The molecule has 166 valence electrons. The van der Waals surface area contributed by atoms with Crippen molar-refractivity contribution in [3.05, 3.63) is 45.1 Å². The first-order chi connectivity index (χ1) is 15.0. The molecule has 1 amide bonds. The van der Waals surface area contributed by atoms with E-state index >= 15 is 0 Å². The molecule has 1 unspecified atom stereocenters. The summed E-state index contributed by atoms with van der Waals surface area (Å²) in [5.74, 6) is 0.224. The minimum absolute atomic E-state index is 0.102. The Kier molecular flexibility index (Phi) is 6.57. The van der Waals surface area contributed by atoms with Crippen LogP contribution in [-0.4, -0.2) is 60.4 Å². The molecular weight excluding hydrogens is 418 g/mol. The largest absolute Gasteiger partial charge is 0.488 e. The van der Waals surface area contributed by atoms with Gasteiger partial charge in [0.2, 0.25) is 0 Å². The van der Waals surface area contributed by atoms with Crippen molar-refractivity contribution in [2.75, 3.05) is 39.5 Å². The van der Waals surface area contributed by atoms with Gasteiger partial charge in [-0.05, 0) is 26.0 Å². The number of aliphatic hydroxyl groups is 1. The Morgan fingerprint density at radius 1 is 1.35 bits per heavy atom. The van der Waals surface area contributed by atoms with Gasteiger partial charge in [-0.15, -0.1) is 11.3 Å². The molecule has 1 aliphatic rings. The molecular formula is C22H27N3O5S. The Bertz CT molecular complexity index is 1070. The molecule has 9 heteroatoms. The van der Waals surface area contributed by atoms with Gasteiger partial charge in [0.1, 0.15) is 23.7 Å². The minimum Gasteiger partial charge on any atom is -0.488 e. The van der Waals surface area contributed by atoms with Crippen LogP contribution in [0.4, 0.5) is 0 Å². The minimum atomic E-state index is -0.559. The number of ether oxygens (including phenoxy) is 2. The molecule has 1 saturated heterocycles. The maximum absolute atomic E-state index is 12.3. The quantitative estimate of drug-likeness (QED) is 0.548. The number of aromatic nitrogens is 1. The predicted molar refractivity (Wildman–Crippen MR) is 118 cm³/mol. The summed E-state index contributed by atoms with van der Waals surface area (Å²) >= 11 is 1.57. The summed E-state index contributed by atoms with van der Waals surface area (Å²) in [6, 6.07) is 3.62. The molecule has 0 bridgehead atoms. The summed E-state index contributed by atoms with van der Waals surface area (Å²) in [5.41, 5.74) is 7.35. The molecule has 4 rings (SSSR count). The lowest BCUT2D eigenvalue weighted by atomic mass is 9.92. The summed E-state index contributed by atoms with van der Waals surface area (Å²) in [5, 5.41) is 11.9. The normalized spacial score (nSPS) is 16.0. The Balaban J connectivity index is 1.77. The molecule has 3 aromatic rings. The maximum atomic E-state index is 12.3. The first-order valence-electron chi connectivity index (χ1n) is 10.3. The number of aryl methyl sites for hydroxylation is 2. The van der Waals surface area contributed by atoms with Crippen molar-refractivity contribution >= 4 is 28.2 Å². The average Bonchev–Trinajstić information content (AvgIpc) is 3.33. The third-order valence-corrected chi connectivity index (χ3v) is 6.42. The topological polar surface area (TPSA) is 111 Å². The van der Waals surface area contributed by atoms with Crippen LogP contribution in [0.3, 0.4) is 0 Å².